The van der Waals surface area contributed by atoms with Crippen molar-refractivity contribution in [2.45, 2.75) is 418 Å². The molecule has 2 unspecified atom stereocenters. The van der Waals surface area contributed by atoms with Gasteiger partial charge >= 0.3 is 19.8 Å². The van der Waals surface area contributed by atoms with Crippen LogP contribution in [0, 0.1) is 0 Å². The number of carbonyl (C=O) groups excluding carboxylic acids is 2. The Morgan fingerprint density at radius 3 is 0.882 bits per heavy atom. The van der Waals surface area contributed by atoms with Crippen LogP contribution in [-0.2, 0) is 32.7 Å². The molecule has 0 radical (unpaired) electrons. The molecule has 0 amide bonds. The van der Waals surface area contributed by atoms with Crippen LogP contribution in [0.15, 0.2) is 72.9 Å². The van der Waals surface area contributed by atoms with Crippen molar-refractivity contribution in [2.75, 3.05) is 26.4 Å². The number of phosphoric ester groups is 1. The van der Waals surface area contributed by atoms with Crippen molar-refractivity contribution in [3.8, 4) is 0 Å². The molecule has 0 saturated carbocycles. The highest BCUT2D eigenvalue weighted by molar-refractivity contribution is 7.47. The molecule has 0 aromatic heterocycles. The van der Waals surface area contributed by atoms with Gasteiger partial charge in [-0.1, -0.05) is 389 Å². The summed E-state index contributed by atoms with van der Waals surface area (Å²) in [6.45, 7) is 3.69. The third kappa shape index (κ3) is 78.3. The summed E-state index contributed by atoms with van der Waals surface area (Å²) < 4.78 is 33.3. The SMILES string of the molecule is CC/C=C\C/C=C\C/C=C\C/C=C\CCCCCCCCCCCCCCCCCCCCC(=O)OC(COC(=O)CCCCCCCCCCCCCCCCCCCCCCCCCCCCCCC/C=C\C/C=C\CCCCCCC)COP(=O)(O)OCCN. The maximum atomic E-state index is 12.8. The number of esters is 2. The van der Waals surface area contributed by atoms with Crippen LogP contribution in [-0.4, -0.2) is 49.3 Å². The Labute approximate surface area is 577 Å². The molecule has 0 saturated heterocycles. The number of phosphoric acid groups is 1. The van der Waals surface area contributed by atoms with Gasteiger partial charge in [-0.2, -0.15) is 0 Å². The molecule has 9 nitrogen and oxygen atoms in total. The highest BCUT2D eigenvalue weighted by atomic mass is 31.2. The van der Waals surface area contributed by atoms with Crippen LogP contribution in [0.3, 0.4) is 0 Å². The highest BCUT2D eigenvalue weighted by Crippen LogP contribution is 2.43. The summed E-state index contributed by atoms with van der Waals surface area (Å²) in [6, 6.07) is 0. The van der Waals surface area contributed by atoms with Crippen LogP contribution in [0.2, 0.25) is 0 Å². The quantitative estimate of drug-likeness (QED) is 0.0264. The largest absolute Gasteiger partial charge is 0.472 e. The maximum Gasteiger partial charge on any atom is 0.472 e. The number of allylic oxidation sites excluding steroid dienone is 12. The Bertz CT molecular complexity index is 1760. The van der Waals surface area contributed by atoms with E-state index < -0.39 is 26.5 Å². The average Bonchev–Trinajstić information content (AvgIpc) is 3.70. The van der Waals surface area contributed by atoms with Gasteiger partial charge in [-0.15, -0.1) is 0 Å². The van der Waals surface area contributed by atoms with Crippen LogP contribution in [0.5, 0.6) is 0 Å². The number of hydrogen-bond donors (Lipinski definition) is 2. The molecule has 10 heteroatoms. The fraction of sp³-hybridized carbons (Fsp3) is 0.831. The van der Waals surface area contributed by atoms with Gasteiger partial charge in [-0.05, 0) is 83.5 Å². The lowest BCUT2D eigenvalue weighted by Gasteiger charge is -2.19. The van der Waals surface area contributed by atoms with E-state index >= 15 is 0 Å². The summed E-state index contributed by atoms with van der Waals surface area (Å²) in [7, 11) is -4.40. The molecule has 3 N–H and O–H groups in total. The zero-order chi connectivity index (χ0) is 67.2. The predicted octanol–water partition coefficient (Wildman–Crippen LogP) is 27.1. The van der Waals surface area contributed by atoms with Crippen molar-refractivity contribution in [1.29, 1.82) is 0 Å². The van der Waals surface area contributed by atoms with E-state index in [4.69, 9.17) is 24.3 Å². The van der Waals surface area contributed by atoms with Crippen LogP contribution in [0.4, 0.5) is 0 Å². The van der Waals surface area contributed by atoms with Gasteiger partial charge in [0.2, 0.25) is 0 Å². The lowest BCUT2D eigenvalue weighted by Crippen LogP contribution is -2.29. The number of carbonyl (C=O) groups is 2. The maximum absolute atomic E-state index is 12.8. The number of ether oxygens (including phenoxy) is 2. The van der Waals surface area contributed by atoms with Crippen molar-refractivity contribution in [3.63, 3.8) is 0 Å². The second-order valence-electron chi connectivity index (χ2n) is 27.3. The van der Waals surface area contributed by atoms with Gasteiger partial charge in [0.05, 0.1) is 13.2 Å². The van der Waals surface area contributed by atoms with E-state index in [1.807, 2.05) is 0 Å². The minimum Gasteiger partial charge on any atom is -0.462 e. The Kier molecular flexibility index (Phi) is 76.3. The first kappa shape index (κ1) is 90.5. The fourth-order valence-corrected chi connectivity index (χ4v) is 12.9. The molecule has 0 spiro atoms. The molecule has 0 rings (SSSR count). The molecular weight excluding hydrogens is 1170 g/mol. The molecule has 93 heavy (non-hydrogen) atoms. The van der Waals surface area contributed by atoms with Crippen LogP contribution in [0.1, 0.15) is 412 Å². The first-order valence-electron chi connectivity index (χ1n) is 40.4. The van der Waals surface area contributed by atoms with Crippen LogP contribution in [0.25, 0.3) is 0 Å². The third-order valence-corrected chi connectivity index (χ3v) is 19.1. The molecule has 544 valence electrons. The normalized spacial score (nSPS) is 13.2. The second kappa shape index (κ2) is 78.4. The van der Waals surface area contributed by atoms with E-state index in [9.17, 15) is 19.0 Å². The minimum atomic E-state index is -4.40. The van der Waals surface area contributed by atoms with Gasteiger partial charge in [-0.25, -0.2) is 4.57 Å². The molecule has 0 aromatic rings. The zero-order valence-corrected chi connectivity index (χ0v) is 62.4. The van der Waals surface area contributed by atoms with Crippen molar-refractivity contribution in [2.24, 2.45) is 5.73 Å². The zero-order valence-electron chi connectivity index (χ0n) is 61.5. The number of unbranched alkanes of at least 4 members (excludes halogenated alkanes) is 52. The van der Waals surface area contributed by atoms with Crippen molar-refractivity contribution >= 4 is 19.8 Å². The summed E-state index contributed by atoms with van der Waals surface area (Å²) in [5, 5.41) is 0. The molecule has 0 heterocycles. The number of rotatable bonds is 77. The van der Waals surface area contributed by atoms with Crippen molar-refractivity contribution < 1.29 is 37.6 Å². The highest BCUT2D eigenvalue weighted by Gasteiger charge is 2.26. The average molecular weight is 1330 g/mol. The smallest absolute Gasteiger partial charge is 0.462 e. The van der Waals surface area contributed by atoms with E-state index in [-0.39, 0.29) is 38.6 Å². The summed E-state index contributed by atoms with van der Waals surface area (Å²) in [5.41, 5.74) is 5.42. The van der Waals surface area contributed by atoms with Gasteiger partial charge in [0.1, 0.15) is 6.61 Å². The fourth-order valence-electron chi connectivity index (χ4n) is 12.1. The van der Waals surface area contributed by atoms with Gasteiger partial charge in [0.25, 0.3) is 0 Å². The molecular formula is C83H154NO8P. The Hall–Kier alpha value is -2.55. The molecule has 0 fully saturated rings. The Morgan fingerprint density at radius 2 is 0.591 bits per heavy atom. The topological polar surface area (TPSA) is 134 Å². The first-order chi connectivity index (χ1) is 45.8. The lowest BCUT2D eigenvalue weighted by atomic mass is 10.0. The van der Waals surface area contributed by atoms with E-state index in [2.05, 4.69) is 86.8 Å². The summed E-state index contributed by atoms with van der Waals surface area (Å²) in [5.74, 6) is -0.806. The van der Waals surface area contributed by atoms with E-state index in [1.165, 1.54) is 315 Å². The van der Waals surface area contributed by atoms with Crippen LogP contribution >= 0.6 is 7.82 Å². The Morgan fingerprint density at radius 1 is 0.333 bits per heavy atom. The predicted molar refractivity (Wildman–Crippen MR) is 404 cm³/mol. The molecule has 0 aliphatic heterocycles. The first-order valence-corrected chi connectivity index (χ1v) is 41.9. The monoisotopic (exact) mass is 1320 g/mol. The summed E-state index contributed by atoms with van der Waals surface area (Å²) in [4.78, 5) is 35.5. The Balaban J connectivity index is 3.74. The summed E-state index contributed by atoms with van der Waals surface area (Å²) in [6.07, 6.45) is 105. The van der Waals surface area contributed by atoms with Gasteiger partial charge < -0.3 is 20.1 Å². The molecule has 2 atom stereocenters. The van der Waals surface area contributed by atoms with E-state index in [0.717, 1.165) is 64.2 Å². The van der Waals surface area contributed by atoms with E-state index in [0.29, 0.717) is 6.42 Å². The van der Waals surface area contributed by atoms with Gasteiger partial charge in [-0.3, -0.25) is 18.6 Å². The summed E-state index contributed by atoms with van der Waals surface area (Å²) >= 11 is 0. The molecule has 0 aliphatic carbocycles. The minimum absolute atomic E-state index is 0.0546. The van der Waals surface area contributed by atoms with Crippen LogP contribution < -0.4 is 5.73 Å². The molecule has 0 bridgehead atoms. The third-order valence-electron chi connectivity index (χ3n) is 18.1. The van der Waals surface area contributed by atoms with Gasteiger partial charge in [0, 0.05) is 19.4 Å². The van der Waals surface area contributed by atoms with Crippen molar-refractivity contribution in [1.82, 2.24) is 0 Å². The number of nitrogens with two attached hydrogens (primary N) is 1. The lowest BCUT2D eigenvalue weighted by molar-refractivity contribution is -0.161. The van der Waals surface area contributed by atoms with Gasteiger partial charge in [0.15, 0.2) is 6.10 Å². The second-order valence-corrected chi connectivity index (χ2v) is 28.7. The van der Waals surface area contributed by atoms with Crippen molar-refractivity contribution in [3.05, 3.63) is 72.9 Å². The molecule has 0 aromatic carbocycles. The molecule has 0 aliphatic rings. The standard InChI is InChI=1S/C83H154NO8P/c1-3-5-7-9-11-13-15-17-19-21-23-25-27-29-31-33-35-36-37-38-39-40-41-42-43-44-46-47-49-51-53-55-57-59-61-63-65-67-69-71-73-75-82(85)89-79-81(80-91-93(87,88)90-78-77-84)92-83(86)76-74-72-70-68-66-64-62-60-58-56-54-52-50-48-45-34-32-30-28-26-24-22-20-18-16-14-12-10-8-6-4-2/h6,8,12,14-15,17-18,20-21,23-24,26,81H,3-5,7,9-11,13,16,19,22,25,27-80,84H2,1-2H3,(H,87,88)/b8-6-,14-12-,17-15-,20-18-,23-21-,26-24-. The van der Waals surface area contributed by atoms with E-state index in [1.54, 1.807) is 0 Å². The number of hydrogen-bond acceptors (Lipinski definition) is 8.